The Morgan fingerprint density at radius 1 is 1.33 bits per heavy atom. The molecule has 3 aromatic rings. The molecule has 0 aliphatic heterocycles. The van der Waals surface area contributed by atoms with E-state index in [1.165, 1.54) is 0 Å². The van der Waals surface area contributed by atoms with Crippen molar-refractivity contribution in [2.45, 2.75) is 20.0 Å². The molecular formula is C14H17N5OS. The highest BCUT2D eigenvalue weighted by atomic mass is 32.1. The molecule has 6 nitrogen and oxygen atoms in total. The summed E-state index contributed by atoms with van der Waals surface area (Å²) in [7, 11) is 0. The molecule has 0 saturated heterocycles. The lowest BCUT2D eigenvalue weighted by Gasteiger charge is -2.18. The number of fused-ring (bicyclic) bond motifs is 1. The Labute approximate surface area is 126 Å². The first-order valence-corrected chi connectivity index (χ1v) is 7.63. The number of furan rings is 1. The summed E-state index contributed by atoms with van der Waals surface area (Å²) in [5, 5.41) is 2.95. The predicted octanol–water partition coefficient (Wildman–Crippen LogP) is 2.59. The zero-order chi connectivity index (χ0) is 14.7. The van der Waals surface area contributed by atoms with Gasteiger partial charge in [0.25, 0.3) is 0 Å². The van der Waals surface area contributed by atoms with Gasteiger partial charge in [-0.3, -0.25) is 4.90 Å². The van der Waals surface area contributed by atoms with E-state index in [4.69, 9.17) is 10.3 Å². The Bertz CT molecular complexity index is 709. The monoisotopic (exact) mass is 303 g/mol. The van der Waals surface area contributed by atoms with Crippen LogP contribution in [-0.2, 0) is 13.1 Å². The molecule has 3 heterocycles. The van der Waals surface area contributed by atoms with Crippen LogP contribution in [0.15, 0.2) is 34.3 Å². The summed E-state index contributed by atoms with van der Waals surface area (Å²) in [6.07, 6.45) is 1.69. The van der Waals surface area contributed by atoms with Crippen LogP contribution in [0, 0.1) is 0 Å². The number of hydrogen-bond donors (Lipinski definition) is 2. The number of nitrogen functional groups attached to an aromatic ring is 1. The normalized spacial score (nSPS) is 11.4. The second-order valence-corrected chi connectivity index (χ2v) is 5.55. The van der Waals surface area contributed by atoms with Gasteiger partial charge in [-0.2, -0.15) is 0 Å². The largest absolute Gasteiger partial charge is 0.468 e. The van der Waals surface area contributed by atoms with Gasteiger partial charge in [-0.05, 0) is 30.1 Å². The van der Waals surface area contributed by atoms with Crippen LogP contribution in [0.3, 0.4) is 0 Å². The molecule has 0 fully saturated rings. The average Bonchev–Trinajstić information content (AvgIpc) is 3.16. The Morgan fingerprint density at radius 3 is 2.95 bits per heavy atom. The molecule has 0 bridgehead atoms. The number of anilines is 1. The molecule has 0 aliphatic rings. The van der Waals surface area contributed by atoms with Gasteiger partial charge in [0.15, 0.2) is 5.82 Å². The van der Waals surface area contributed by atoms with Crippen molar-refractivity contribution in [2.24, 2.45) is 5.84 Å². The number of nitrogens with two attached hydrogens (primary N) is 1. The zero-order valence-corrected chi connectivity index (χ0v) is 12.6. The Hall–Kier alpha value is -1.96. The van der Waals surface area contributed by atoms with Crippen molar-refractivity contribution >= 4 is 27.4 Å². The van der Waals surface area contributed by atoms with Crippen molar-refractivity contribution < 1.29 is 4.42 Å². The maximum Gasteiger partial charge on any atom is 0.152 e. The van der Waals surface area contributed by atoms with Gasteiger partial charge in [0.1, 0.15) is 16.4 Å². The Morgan fingerprint density at radius 2 is 2.24 bits per heavy atom. The summed E-state index contributed by atoms with van der Waals surface area (Å²) in [6, 6.07) is 5.84. The smallest absolute Gasteiger partial charge is 0.152 e. The van der Waals surface area contributed by atoms with Gasteiger partial charge < -0.3 is 9.84 Å². The van der Waals surface area contributed by atoms with Crippen LogP contribution in [0.25, 0.3) is 10.2 Å². The molecule has 0 aliphatic carbocycles. The highest BCUT2D eigenvalue weighted by Gasteiger charge is 2.12. The van der Waals surface area contributed by atoms with Gasteiger partial charge in [-0.1, -0.05) is 6.92 Å². The molecule has 0 unspecified atom stereocenters. The number of hydrogen-bond acceptors (Lipinski definition) is 7. The third-order valence-corrected chi connectivity index (χ3v) is 4.09. The van der Waals surface area contributed by atoms with Crippen molar-refractivity contribution in [3.05, 3.63) is 41.4 Å². The lowest BCUT2D eigenvalue weighted by atomic mass is 10.3. The molecule has 0 spiro atoms. The molecule has 0 amide bonds. The van der Waals surface area contributed by atoms with E-state index in [0.717, 1.165) is 34.9 Å². The van der Waals surface area contributed by atoms with E-state index >= 15 is 0 Å². The topological polar surface area (TPSA) is 80.2 Å². The lowest BCUT2D eigenvalue weighted by Crippen LogP contribution is -2.23. The summed E-state index contributed by atoms with van der Waals surface area (Å²) in [5.41, 5.74) is 2.65. The van der Waals surface area contributed by atoms with Crippen molar-refractivity contribution in [1.82, 2.24) is 14.9 Å². The summed E-state index contributed by atoms with van der Waals surface area (Å²) < 4.78 is 5.39. The summed E-state index contributed by atoms with van der Waals surface area (Å²) in [6.45, 7) is 4.38. The number of aromatic nitrogens is 2. The van der Waals surface area contributed by atoms with E-state index < -0.39 is 0 Å². The van der Waals surface area contributed by atoms with E-state index in [9.17, 15) is 0 Å². The van der Waals surface area contributed by atoms with Crippen LogP contribution >= 0.6 is 11.3 Å². The van der Waals surface area contributed by atoms with Gasteiger partial charge in [0, 0.05) is 0 Å². The summed E-state index contributed by atoms with van der Waals surface area (Å²) >= 11 is 1.59. The molecule has 0 atom stereocenters. The molecular weight excluding hydrogens is 286 g/mol. The predicted molar refractivity (Wildman–Crippen MR) is 83.7 cm³/mol. The fourth-order valence-corrected chi connectivity index (χ4v) is 2.97. The van der Waals surface area contributed by atoms with E-state index in [2.05, 4.69) is 27.2 Å². The molecule has 3 rings (SSSR count). The van der Waals surface area contributed by atoms with Crippen molar-refractivity contribution in [3.63, 3.8) is 0 Å². The highest BCUT2D eigenvalue weighted by Crippen LogP contribution is 2.24. The minimum Gasteiger partial charge on any atom is -0.468 e. The van der Waals surface area contributed by atoms with Gasteiger partial charge in [0.05, 0.1) is 24.7 Å². The van der Waals surface area contributed by atoms with Crippen LogP contribution in [0.1, 0.15) is 18.5 Å². The van der Waals surface area contributed by atoms with E-state index in [-0.39, 0.29) is 0 Å². The SMILES string of the molecule is CCN(Cc1nc(NN)c2ccsc2n1)Cc1ccco1. The second-order valence-electron chi connectivity index (χ2n) is 4.65. The second kappa shape index (κ2) is 6.21. The van der Waals surface area contributed by atoms with Gasteiger partial charge >= 0.3 is 0 Å². The molecule has 7 heteroatoms. The number of rotatable bonds is 6. The highest BCUT2D eigenvalue weighted by molar-refractivity contribution is 7.16. The maximum absolute atomic E-state index is 5.55. The van der Waals surface area contributed by atoms with Crippen molar-refractivity contribution in [2.75, 3.05) is 12.0 Å². The fraction of sp³-hybridized carbons (Fsp3) is 0.286. The molecule has 110 valence electrons. The van der Waals surface area contributed by atoms with Crippen LogP contribution < -0.4 is 11.3 Å². The fourth-order valence-electron chi connectivity index (χ4n) is 2.18. The van der Waals surface area contributed by atoms with Crippen LogP contribution in [-0.4, -0.2) is 21.4 Å². The Kier molecular flexibility index (Phi) is 4.14. The number of thiophene rings is 1. The minimum atomic E-state index is 0.653. The average molecular weight is 303 g/mol. The number of nitrogens with one attached hydrogen (secondary N) is 1. The van der Waals surface area contributed by atoms with E-state index in [0.29, 0.717) is 12.4 Å². The zero-order valence-electron chi connectivity index (χ0n) is 11.7. The first kappa shape index (κ1) is 14.0. The van der Waals surface area contributed by atoms with Crippen molar-refractivity contribution in [3.8, 4) is 0 Å². The first-order chi connectivity index (χ1) is 10.3. The van der Waals surface area contributed by atoms with Crippen LogP contribution in [0.5, 0.6) is 0 Å². The maximum atomic E-state index is 5.55. The van der Waals surface area contributed by atoms with Gasteiger partial charge in [0.2, 0.25) is 0 Å². The molecule has 0 aromatic carbocycles. The third-order valence-electron chi connectivity index (χ3n) is 3.28. The third kappa shape index (κ3) is 3.05. The Balaban J connectivity index is 1.82. The molecule has 3 N–H and O–H groups in total. The van der Waals surface area contributed by atoms with E-state index in [1.807, 2.05) is 23.6 Å². The molecule has 0 radical (unpaired) electrons. The number of nitrogens with zero attached hydrogens (tertiary/aromatic N) is 3. The molecule has 0 saturated carbocycles. The standard InChI is InChI=1S/C14H17N5OS/c1-2-19(8-10-4-3-6-20-10)9-12-16-13(18-15)11-5-7-21-14(11)17-12/h3-7H,2,8-9,15H2,1H3,(H,16,17,18). The van der Waals surface area contributed by atoms with Crippen LogP contribution in [0.4, 0.5) is 5.82 Å². The molecule has 21 heavy (non-hydrogen) atoms. The lowest BCUT2D eigenvalue weighted by molar-refractivity contribution is 0.242. The minimum absolute atomic E-state index is 0.653. The van der Waals surface area contributed by atoms with E-state index in [1.54, 1.807) is 17.6 Å². The van der Waals surface area contributed by atoms with Gasteiger partial charge in [-0.15, -0.1) is 11.3 Å². The quantitative estimate of drug-likeness (QED) is 0.538. The number of hydrazine groups is 1. The van der Waals surface area contributed by atoms with Crippen LogP contribution in [0.2, 0.25) is 0 Å². The summed E-state index contributed by atoms with van der Waals surface area (Å²) in [4.78, 5) is 12.3. The van der Waals surface area contributed by atoms with Gasteiger partial charge in [-0.25, -0.2) is 15.8 Å². The summed E-state index contributed by atoms with van der Waals surface area (Å²) in [5.74, 6) is 7.92. The van der Waals surface area contributed by atoms with Crippen molar-refractivity contribution in [1.29, 1.82) is 0 Å². The first-order valence-electron chi connectivity index (χ1n) is 6.75. The molecule has 3 aromatic heterocycles.